The van der Waals surface area contributed by atoms with E-state index in [1.165, 1.54) is 21.8 Å². The third kappa shape index (κ3) is 4.09. The largest absolute Gasteiger partial charge is 0.320 e. The Morgan fingerprint density at radius 1 is 1.19 bits per heavy atom. The Kier molecular flexibility index (Phi) is 5.43. The summed E-state index contributed by atoms with van der Waals surface area (Å²) in [5.74, 6) is -0.687. The highest BCUT2D eigenvalue weighted by molar-refractivity contribution is 6.33. The van der Waals surface area contributed by atoms with Crippen molar-refractivity contribution in [3.63, 3.8) is 0 Å². The van der Waals surface area contributed by atoms with Gasteiger partial charge in [0, 0.05) is 17.8 Å². The zero-order chi connectivity index (χ0) is 19.6. The van der Waals surface area contributed by atoms with Crippen molar-refractivity contribution in [2.75, 3.05) is 5.32 Å². The number of hydrogen-bond donors (Lipinski definition) is 1. The number of nitro groups is 1. The summed E-state index contributed by atoms with van der Waals surface area (Å²) in [5, 5.41) is 22.5. The highest BCUT2D eigenvalue weighted by Gasteiger charge is 2.26. The molecule has 0 bridgehead atoms. The summed E-state index contributed by atoms with van der Waals surface area (Å²) in [4.78, 5) is 22.9. The first kappa shape index (κ1) is 18.9. The van der Waals surface area contributed by atoms with Crippen LogP contribution < -0.4 is 5.32 Å². The first-order valence-electron chi connectivity index (χ1n) is 7.88. The number of amides is 1. The number of hydrogen-bond acceptors (Lipinski definition) is 5. The van der Waals surface area contributed by atoms with E-state index in [-0.39, 0.29) is 22.2 Å². The summed E-state index contributed by atoms with van der Waals surface area (Å²) in [5.41, 5.74) is 0.132. The van der Waals surface area contributed by atoms with E-state index in [9.17, 15) is 14.9 Å². The Morgan fingerprint density at radius 3 is 2.59 bits per heavy atom. The van der Waals surface area contributed by atoms with Crippen LogP contribution in [0.25, 0.3) is 0 Å². The number of aryl methyl sites for hydroxylation is 1. The molecular formula is C16H14Cl2N6O3. The third-order valence-corrected chi connectivity index (χ3v) is 4.36. The zero-order valence-electron chi connectivity index (χ0n) is 14.1. The number of nitrogens with one attached hydrogen (secondary N) is 1. The molecule has 1 aromatic carbocycles. The summed E-state index contributed by atoms with van der Waals surface area (Å²) in [6, 6.07) is 7.26. The molecule has 1 amide bonds. The van der Waals surface area contributed by atoms with Gasteiger partial charge in [0.2, 0.25) is 5.69 Å². The minimum Gasteiger partial charge on any atom is -0.302 e. The first-order chi connectivity index (χ1) is 12.9. The molecule has 3 rings (SSSR count). The smallest absolute Gasteiger partial charge is 0.302 e. The van der Waals surface area contributed by atoms with Crippen LogP contribution in [0.5, 0.6) is 0 Å². The highest BCUT2D eigenvalue weighted by Crippen LogP contribution is 2.24. The maximum atomic E-state index is 12.4. The Balaban J connectivity index is 1.81. The summed E-state index contributed by atoms with van der Waals surface area (Å²) < 4.78 is 2.82. The molecule has 1 N–H and O–H groups in total. The number of nitrogens with zero attached hydrogens (tertiary/aromatic N) is 5. The van der Waals surface area contributed by atoms with Crippen LogP contribution in [0.3, 0.4) is 0 Å². The average Bonchev–Trinajstić information content (AvgIpc) is 3.21. The highest BCUT2D eigenvalue weighted by atomic mass is 35.5. The fourth-order valence-corrected chi connectivity index (χ4v) is 2.79. The zero-order valence-corrected chi connectivity index (χ0v) is 15.6. The maximum Gasteiger partial charge on any atom is 0.320 e. The molecule has 9 nitrogen and oxygen atoms in total. The normalized spacial score (nSPS) is 10.8. The van der Waals surface area contributed by atoms with Crippen LogP contribution in [0.1, 0.15) is 23.0 Å². The Labute approximate surface area is 163 Å². The van der Waals surface area contributed by atoms with Gasteiger partial charge in [-0.05, 0) is 18.6 Å². The van der Waals surface area contributed by atoms with E-state index in [0.29, 0.717) is 18.1 Å². The van der Waals surface area contributed by atoms with Crippen molar-refractivity contribution in [3.05, 3.63) is 68.1 Å². The van der Waals surface area contributed by atoms with Crippen molar-refractivity contribution in [1.82, 2.24) is 19.6 Å². The quantitative estimate of drug-likeness (QED) is 0.494. The van der Waals surface area contributed by atoms with Gasteiger partial charge in [-0.3, -0.25) is 24.3 Å². The predicted molar refractivity (Wildman–Crippen MR) is 100 cm³/mol. The van der Waals surface area contributed by atoms with Crippen molar-refractivity contribution < 1.29 is 9.72 Å². The summed E-state index contributed by atoms with van der Waals surface area (Å²) in [7, 11) is 0. The molecule has 0 aliphatic rings. The molecule has 2 aromatic heterocycles. The molecule has 0 unspecified atom stereocenters. The van der Waals surface area contributed by atoms with E-state index in [4.69, 9.17) is 23.2 Å². The van der Waals surface area contributed by atoms with Crippen LogP contribution in [0, 0.1) is 10.1 Å². The average molecular weight is 409 g/mol. The lowest BCUT2D eigenvalue weighted by atomic mass is 10.2. The number of rotatable bonds is 6. The molecule has 140 valence electrons. The Hall–Kier alpha value is -2.91. The Bertz CT molecular complexity index is 1010. The summed E-state index contributed by atoms with van der Waals surface area (Å²) >= 11 is 12.3. The Morgan fingerprint density at radius 2 is 1.93 bits per heavy atom. The molecule has 0 fully saturated rings. The second-order valence-corrected chi connectivity index (χ2v) is 6.36. The van der Waals surface area contributed by atoms with Gasteiger partial charge in [-0.25, -0.2) is 0 Å². The van der Waals surface area contributed by atoms with Crippen molar-refractivity contribution >= 4 is 40.6 Å². The SMILES string of the molecule is CCn1cc([N+](=O)[O-])c(C(=O)Nc2nn(Cc3ccccc3Cl)cc2Cl)n1. The lowest BCUT2D eigenvalue weighted by Crippen LogP contribution is -2.15. The molecule has 2 heterocycles. The topological polar surface area (TPSA) is 108 Å². The molecular weight excluding hydrogens is 395 g/mol. The standard InChI is InChI=1S/C16H14Cl2N6O3/c1-2-22-9-13(24(26)27)14(20-22)16(25)19-15-12(18)8-23(21-15)7-10-5-3-4-6-11(10)17/h3-6,8-9H,2,7H2,1H3,(H,19,21,25). The fourth-order valence-electron chi connectivity index (χ4n) is 2.40. The van der Waals surface area contributed by atoms with Gasteiger partial charge in [0.15, 0.2) is 5.82 Å². The van der Waals surface area contributed by atoms with E-state index in [1.54, 1.807) is 13.0 Å². The molecule has 0 saturated carbocycles. The van der Waals surface area contributed by atoms with Gasteiger partial charge in [-0.2, -0.15) is 10.2 Å². The molecule has 0 aliphatic carbocycles. The molecule has 27 heavy (non-hydrogen) atoms. The van der Waals surface area contributed by atoms with Crippen molar-refractivity contribution in [3.8, 4) is 0 Å². The lowest BCUT2D eigenvalue weighted by Gasteiger charge is -2.04. The maximum absolute atomic E-state index is 12.4. The van der Waals surface area contributed by atoms with Gasteiger partial charge in [0.25, 0.3) is 5.91 Å². The fraction of sp³-hybridized carbons (Fsp3) is 0.188. The van der Waals surface area contributed by atoms with Crippen LogP contribution in [-0.2, 0) is 13.1 Å². The third-order valence-electron chi connectivity index (χ3n) is 3.72. The molecule has 0 atom stereocenters. The van der Waals surface area contributed by atoms with E-state index < -0.39 is 10.8 Å². The molecule has 3 aromatic rings. The van der Waals surface area contributed by atoms with E-state index >= 15 is 0 Å². The van der Waals surface area contributed by atoms with Gasteiger partial charge in [0.1, 0.15) is 11.2 Å². The number of halogens is 2. The van der Waals surface area contributed by atoms with Crippen molar-refractivity contribution in [2.45, 2.75) is 20.0 Å². The second kappa shape index (κ2) is 7.77. The predicted octanol–water partition coefficient (Wildman–Crippen LogP) is 3.62. The minimum absolute atomic E-state index is 0.0778. The minimum atomic E-state index is -0.765. The first-order valence-corrected chi connectivity index (χ1v) is 8.64. The van der Waals surface area contributed by atoms with Crippen LogP contribution in [0.2, 0.25) is 10.0 Å². The summed E-state index contributed by atoms with van der Waals surface area (Å²) in [6.45, 7) is 2.49. The molecule has 0 aliphatic heterocycles. The second-order valence-electron chi connectivity index (χ2n) is 5.54. The monoisotopic (exact) mass is 408 g/mol. The van der Waals surface area contributed by atoms with Gasteiger partial charge < -0.3 is 5.32 Å². The van der Waals surface area contributed by atoms with E-state index in [0.717, 1.165) is 5.56 Å². The molecule has 0 radical (unpaired) electrons. The lowest BCUT2D eigenvalue weighted by molar-refractivity contribution is -0.385. The number of carbonyl (C=O) groups excluding carboxylic acids is 1. The molecule has 0 saturated heterocycles. The van der Waals surface area contributed by atoms with Crippen LogP contribution in [-0.4, -0.2) is 30.4 Å². The molecule has 11 heteroatoms. The van der Waals surface area contributed by atoms with Gasteiger partial charge in [0.05, 0.1) is 11.5 Å². The summed E-state index contributed by atoms with van der Waals surface area (Å²) in [6.07, 6.45) is 2.73. The number of carbonyl (C=O) groups is 1. The van der Waals surface area contributed by atoms with Crippen LogP contribution in [0.4, 0.5) is 11.5 Å². The van der Waals surface area contributed by atoms with Gasteiger partial charge in [-0.15, -0.1) is 0 Å². The van der Waals surface area contributed by atoms with Crippen molar-refractivity contribution in [2.24, 2.45) is 0 Å². The number of benzene rings is 1. The number of anilines is 1. The van der Waals surface area contributed by atoms with Gasteiger partial charge in [-0.1, -0.05) is 41.4 Å². The van der Waals surface area contributed by atoms with E-state index in [1.807, 2.05) is 18.2 Å². The molecule has 0 spiro atoms. The van der Waals surface area contributed by atoms with Crippen molar-refractivity contribution in [1.29, 1.82) is 0 Å². The van der Waals surface area contributed by atoms with Crippen LogP contribution >= 0.6 is 23.2 Å². The van der Waals surface area contributed by atoms with E-state index in [2.05, 4.69) is 15.5 Å². The van der Waals surface area contributed by atoms with Crippen LogP contribution in [0.15, 0.2) is 36.7 Å². The number of aromatic nitrogens is 4. The van der Waals surface area contributed by atoms with Gasteiger partial charge >= 0.3 is 5.69 Å².